The number of benzene rings is 2. The quantitative estimate of drug-likeness (QED) is 0.363. The maximum absolute atomic E-state index is 12.8. The molecule has 0 saturated carbocycles. The van der Waals surface area contributed by atoms with E-state index in [1.54, 1.807) is 42.5 Å². The molecule has 2 aromatic rings. The Hall–Kier alpha value is -2.25. The van der Waals surface area contributed by atoms with Gasteiger partial charge in [0, 0.05) is 5.56 Å². The molecule has 0 N–H and O–H groups in total. The van der Waals surface area contributed by atoms with Crippen LogP contribution in [0.25, 0.3) is 0 Å². The molecule has 3 rings (SSSR count). The maximum Gasteiger partial charge on any atom is 0.284 e. The Morgan fingerprint density at radius 1 is 0.897 bits per heavy atom. The number of allylic oxidation sites excluding steroid dienone is 4. The fraction of sp³-hybridized carbons (Fsp3) is 0.0500. The van der Waals surface area contributed by atoms with E-state index in [4.69, 9.17) is 34.8 Å². The second-order valence-electron chi connectivity index (χ2n) is 6.02. The highest BCUT2D eigenvalue weighted by atomic mass is 35.5. The van der Waals surface area contributed by atoms with Crippen LogP contribution in [0.3, 0.4) is 0 Å². The number of hydrogen-bond donors (Lipinski definition) is 0. The van der Waals surface area contributed by atoms with Crippen LogP contribution in [-0.2, 0) is 14.8 Å². The number of hydrogen-bond acceptors (Lipinski definition) is 3. The molecule has 0 fully saturated rings. The Bertz CT molecular complexity index is 1200. The first-order valence-corrected chi connectivity index (χ1v) is 10.8. The van der Waals surface area contributed by atoms with Gasteiger partial charge in [0.15, 0.2) is 5.84 Å². The summed E-state index contributed by atoms with van der Waals surface area (Å²) < 4.78 is 29.5. The van der Waals surface area contributed by atoms with Gasteiger partial charge in [0.2, 0.25) is 5.78 Å². The minimum absolute atomic E-state index is 0.0174. The van der Waals surface area contributed by atoms with Crippen LogP contribution in [0.1, 0.15) is 11.1 Å². The van der Waals surface area contributed by atoms with Crippen molar-refractivity contribution in [2.75, 3.05) is 0 Å². The van der Waals surface area contributed by atoms with E-state index in [-0.39, 0.29) is 31.5 Å². The van der Waals surface area contributed by atoms with Gasteiger partial charge in [-0.25, -0.2) is 4.99 Å². The average Bonchev–Trinajstić information content (AvgIpc) is 2.70. The zero-order valence-corrected chi connectivity index (χ0v) is 18.0. The maximum atomic E-state index is 12.8. The van der Waals surface area contributed by atoms with E-state index in [1.165, 1.54) is 18.2 Å². The van der Waals surface area contributed by atoms with Gasteiger partial charge in [0.25, 0.3) is 10.0 Å². The SMILES string of the molecule is Cc1ccc(S(=O)(=O)/N=C(/N=C2C=C(Cl)C(=O)C(Cl)=C2Cl)c2ccccc2)cc1. The predicted molar refractivity (Wildman–Crippen MR) is 116 cm³/mol. The van der Waals surface area contributed by atoms with E-state index in [0.717, 1.165) is 5.56 Å². The Balaban J connectivity index is 2.18. The molecule has 148 valence electrons. The molecule has 0 amide bonds. The smallest absolute Gasteiger partial charge is 0.284 e. The molecule has 2 aromatic carbocycles. The van der Waals surface area contributed by atoms with Gasteiger partial charge in [0.1, 0.15) is 5.03 Å². The third-order valence-electron chi connectivity index (χ3n) is 3.88. The molecule has 29 heavy (non-hydrogen) atoms. The number of sulfonamides is 1. The van der Waals surface area contributed by atoms with Gasteiger partial charge in [-0.1, -0.05) is 82.8 Å². The number of rotatable bonds is 3. The minimum atomic E-state index is -4.06. The van der Waals surface area contributed by atoms with Crippen molar-refractivity contribution in [2.45, 2.75) is 11.8 Å². The summed E-state index contributed by atoms with van der Waals surface area (Å²) in [5.41, 5.74) is 1.37. The van der Waals surface area contributed by atoms with Gasteiger partial charge < -0.3 is 0 Å². The van der Waals surface area contributed by atoms with Crippen molar-refractivity contribution in [3.63, 3.8) is 0 Å². The summed E-state index contributed by atoms with van der Waals surface area (Å²) in [6.07, 6.45) is 1.22. The molecule has 1 aliphatic rings. The van der Waals surface area contributed by atoms with E-state index in [0.29, 0.717) is 5.56 Å². The lowest BCUT2D eigenvalue weighted by atomic mass is 10.1. The molecule has 0 aromatic heterocycles. The van der Waals surface area contributed by atoms with Crippen LogP contribution in [0.4, 0.5) is 0 Å². The van der Waals surface area contributed by atoms with Crippen molar-refractivity contribution < 1.29 is 13.2 Å². The summed E-state index contributed by atoms with van der Waals surface area (Å²) in [5, 5.41) is -0.629. The highest BCUT2D eigenvalue weighted by Crippen LogP contribution is 2.28. The number of carbonyl (C=O) groups excluding carboxylic acids is 1. The fourth-order valence-electron chi connectivity index (χ4n) is 2.36. The molecular formula is C20H13Cl3N2O3S. The summed E-state index contributed by atoms with van der Waals surface area (Å²) in [7, 11) is -4.06. The summed E-state index contributed by atoms with van der Waals surface area (Å²) >= 11 is 17.9. The number of carbonyl (C=O) groups is 1. The van der Waals surface area contributed by atoms with E-state index in [1.807, 2.05) is 6.92 Å². The minimum Gasteiger partial charge on any atom is -0.287 e. The Labute approximate surface area is 183 Å². The van der Waals surface area contributed by atoms with Crippen molar-refractivity contribution in [3.8, 4) is 0 Å². The molecule has 0 saturated heterocycles. The second kappa shape index (κ2) is 8.63. The first kappa shape index (κ1) is 21.5. The number of amidine groups is 1. The molecule has 0 atom stereocenters. The molecule has 9 heteroatoms. The van der Waals surface area contributed by atoms with Gasteiger partial charge >= 0.3 is 0 Å². The van der Waals surface area contributed by atoms with Crippen molar-refractivity contribution >= 4 is 62.2 Å². The standard InChI is InChI=1S/C20H13Cl3N2O3S/c1-12-7-9-14(10-8-12)29(27,28)25-20(13-5-3-2-4-6-13)24-16-11-15(21)19(26)18(23)17(16)22/h2-11H,1H3/b24-16?,25-20+. The van der Waals surface area contributed by atoms with E-state index in [2.05, 4.69) is 9.39 Å². The van der Waals surface area contributed by atoms with Crippen LogP contribution < -0.4 is 0 Å². The van der Waals surface area contributed by atoms with Gasteiger partial charge in [-0.05, 0) is 25.1 Å². The Morgan fingerprint density at radius 3 is 2.14 bits per heavy atom. The average molecular weight is 468 g/mol. The third-order valence-corrected chi connectivity index (χ3v) is 6.28. The van der Waals surface area contributed by atoms with E-state index >= 15 is 0 Å². The lowest BCUT2D eigenvalue weighted by Crippen LogP contribution is -2.14. The van der Waals surface area contributed by atoms with Gasteiger partial charge in [-0.2, -0.15) is 8.42 Å². The number of halogens is 3. The normalized spacial score (nSPS) is 17.0. The highest BCUT2D eigenvalue weighted by Gasteiger charge is 2.25. The van der Waals surface area contributed by atoms with Crippen molar-refractivity contribution in [1.82, 2.24) is 0 Å². The van der Waals surface area contributed by atoms with Gasteiger partial charge in [-0.15, -0.1) is 4.40 Å². The van der Waals surface area contributed by atoms with Gasteiger partial charge in [0.05, 0.1) is 20.7 Å². The first-order valence-electron chi connectivity index (χ1n) is 8.22. The fourth-order valence-corrected chi connectivity index (χ4v) is 3.95. The molecule has 0 aliphatic heterocycles. The lowest BCUT2D eigenvalue weighted by molar-refractivity contribution is -0.111. The Kier molecular flexibility index (Phi) is 6.39. The number of ketones is 1. The van der Waals surface area contributed by atoms with Crippen LogP contribution in [0, 0.1) is 6.92 Å². The third kappa shape index (κ3) is 4.85. The van der Waals surface area contributed by atoms with E-state index in [9.17, 15) is 13.2 Å². The van der Waals surface area contributed by atoms with Crippen molar-refractivity contribution in [2.24, 2.45) is 9.39 Å². The number of Topliss-reactive ketones (excluding diaryl/α,β-unsaturated/α-hetero) is 1. The molecular weight excluding hydrogens is 455 g/mol. The van der Waals surface area contributed by atoms with Crippen LogP contribution in [0.2, 0.25) is 0 Å². The number of aliphatic imine (C=N–C) groups is 1. The largest absolute Gasteiger partial charge is 0.287 e. The molecule has 5 nitrogen and oxygen atoms in total. The first-order chi connectivity index (χ1) is 13.7. The van der Waals surface area contributed by atoms with E-state index < -0.39 is 15.8 Å². The summed E-state index contributed by atoms with van der Waals surface area (Å²) in [5.74, 6) is -0.762. The monoisotopic (exact) mass is 466 g/mol. The Morgan fingerprint density at radius 2 is 1.52 bits per heavy atom. The summed E-state index contributed by atoms with van der Waals surface area (Å²) in [4.78, 5) is 16.1. The van der Waals surface area contributed by atoms with Crippen LogP contribution in [0.15, 0.2) is 90.1 Å². The summed E-state index contributed by atoms with van der Waals surface area (Å²) in [6, 6.07) is 14.7. The lowest BCUT2D eigenvalue weighted by Gasteiger charge is -2.11. The molecule has 0 bridgehead atoms. The van der Waals surface area contributed by atoms with Gasteiger partial charge in [-0.3, -0.25) is 4.79 Å². The van der Waals surface area contributed by atoms with Crippen molar-refractivity contribution in [3.05, 3.63) is 86.9 Å². The number of aryl methyl sites for hydroxylation is 1. The highest BCUT2D eigenvalue weighted by molar-refractivity contribution is 7.90. The predicted octanol–water partition coefficient (Wildman–Crippen LogP) is 4.97. The number of nitrogens with zero attached hydrogens (tertiary/aromatic N) is 2. The van der Waals surface area contributed by atoms with Crippen LogP contribution in [0.5, 0.6) is 0 Å². The molecule has 0 spiro atoms. The molecule has 0 unspecified atom stereocenters. The molecule has 1 aliphatic carbocycles. The second-order valence-corrected chi connectivity index (χ2v) is 8.78. The summed E-state index contributed by atoms with van der Waals surface area (Å²) in [6.45, 7) is 1.85. The molecule has 0 heterocycles. The zero-order valence-electron chi connectivity index (χ0n) is 14.9. The topological polar surface area (TPSA) is 75.9 Å². The van der Waals surface area contributed by atoms with Crippen LogP contribution >= 0.6 is 34.8 Å². The molecule has 0 radical (unpaired) electrons. The van der Waals surface area contributed by atoms with Crippen molar-refractivity contribution in [1.29, 1.82) is 0 Å². The van der Waals surface area contributed by atoms with Crippen LogP contribution in [-0.4, -0.2) is 25.7 Å². The zero-order chi connectivity index (χ0) is 21.2.